The second kappa shape index (κ2) is 10.3. The largest absolute Gasteiger partial charge is 0.494 e. The second-order valence-electron chi connectivity index (χ2n) is 7.97. The fraction of sp³-hybridized carbons (Fsp3) is 0.320. The summed E-state index contributed by atoms with van der Waals surface area (Å²) in [6.45, 7) is 4.11. The molecule has 1 atom stereocenters. The number of nitrogens with one attached hydrogen (secondary N) is 1. The van der Waals surface area contributed by atoms with Crippen LogP contribution in [0.1, 0.15) is 25.3 Å². The minimum atomic E-state index is -0.438. The van der Waals surface area contributed by atoms with E-state index in [1.54, 1.807) is 12.1 Å². The Morgan fingerprint density at radius 3 is 2.85 bits per heavy atom. The minimum Gasteiger partial charge on any atom is -0.494 e. The Morgan fingerprint density at radius 2 is 2.03 bits per heavy atom. The van der Waals surface area contributed by atoms with Gasteiger partial charge in [-0.15, -0.1) is 5.10 Å². The van der Waals surface area contributed by atoms with Gasteiger partial charge in [-0.3, -0.25) is 9.59 Å². The third-order valence-electron chi connectivity index (χ3n) is 5.68. The predicted octanol–water partition coefficient (Wildman–Crippen LogP) is 3.30. The third-order valence-corrected chi connectivity index (χ3v) is 5.68. The molecule has 1 fully saturated rings. The van der Waals surface area contributed by atoms with Crippen LogP contribution in [0.25, 0.3) is 5.69 Å². The molecule has 1 aliphatic rings. The van der Waals surface area contributed by atoms with Crippen molar-refractivity contribution in [2.45, 2.75) is 26.3 Å². The van der Waals surface area contributed by atoms with Gasteiger partial charge in [-0.05, 0) is 50.1 Å². The van der Waals surface area contributed by atoms with Crippen molar-refractivity contribution >= 4 is 11.7 Å². The standard InChI is InChI=1S/C25H27FN4O3/c1-2-33-22-11-4-3-7-18(22)16-27-25(32)19-8-6-14-29(17-19)23-12-13-24(31)30(28-23)21-10-5-9-20(26)15-21/h3-5,7,9-13,15,19H,2,6,8,14,16-17H2,1H3,(H,27,32). The SMILES string of the molecule is CCOc1ccccc1CNC(=O)C1CCCN(c2ccc(=O)n(-c3cccc(F)c3)n2)C1. The van der Waals surface area contributed by atoms with Crippen LogP contribution in [0.4, 0.5) is 10.2 Å². The molecule has 33 heavy (non-hydrogen) atoms. The Morgan fingerprint density at radius 1 is 1.18 bits per heavy atom. The Kier molecular flexibility index (Phi) is 7.02. The van der Waals surface area contributed by atoms with E-state index in [9.17, 15) is 14.0 Å². The summed E-state index contributed by atoms with van der Waals surface area (Å²) in [6, 6.07) is 16.5. The van der Waals surface area contributed by atoms with Gasteiger partial charge in [0.25, 0.3) is 5.56 Å². The molecule has 1 amide bonds. The number of hydrogen-bond donors (Lipinski definition) is 1. The maximum Gasteiger partial charge on any atom is 0.271 e. The molecule has 4 rings (SSSR count). The molecule has 1 aliphatic heterocycles. The zero-order valence-corrected chi connectivity index (χ0v) is 18.5. The number of amides is 1. The van der Waals surface area contributed by atoms with E-state index < -0.39 is 5.82 Å². The van der Waals surface area contributed by atoms with Crippen LogP contribution >= 0.6 is 0 Å². The van der Waals surface area contributed by atoms with Gasteiger partial charge >= 0.3 is 0 Å². The van der Waals surface area contributed by atoms with E-state index in [1.165, 1.54) is 28.9 Å². The number of para-hydroxylation sites is 1. The lowest BCUT2D eigenvalue weighted by atomic mass is 9.97. The van der Waals surface area contributed by atoms with Crippen LogP contribution in [-0.4, -0.2) is 35.4 Å². The molecule has 3 aromatic rings. The number of anilines is 1. The normalized spacial score (nSPS) is 15.8. The van der Waals surface area contributed by atoms with Gasteiger partial charge in [-0.2, -0.15) is 4.68 Å². The van der Waals surface area contributed by atoms with Crippen molar-refractivity contribution in [2.75, 3.05) is 24.6 Å². The molecule has 1 aromatic heterocycles. The Balaban J connectivity index is 1.45. The smallest absolute Gasteiger partial charge is 0.271 e. The molecule has 0 bridgehead atoms. The van der Waals surface area contributed by atoms with Crippen molar-refractivity contribution in [3.63, 3.8) is 0 Å². The van der Waals surface area contributed by atoms with Gasteiger partial charge in [0.05, 0.1) is 18.2 Å². The number of halogens is 1. The van der Waals surface area contributed by atoms with Gasteiger partial charge < -0.3 is 15.0 Å². The number of nitrogens with zero attached hydrogens (tertiary/aromatic N) is 3. The quantitative estimate of drug-likeness (QED) is 0.598. The summed E-state index contributed by atoms with van der Waals surface area (Å²) in [4.78, 5) is 27.2. The maximum atomic E-state index is 13.6. The number of aromatic nitrogens is 2. The first-order valence-corrected chi connectivity index (χ1v) is 11.1. The summed E-state index contributed by atoms with van der Waals surface area (Å²) in [5.41, 5.74) is 0.953. The Bertz CT molecular complexity index is 1180. The van der Waals surface area contributed by atoms with E-state index in [0.29, 0.717) is 31.2 Å². The highest BCUT2D eigenvalue weighted by Gasteiger charge is 2.27. The monoisotopic (exact) mass is 450 g/mol. The highest BCUT2D eigenvalue weighted by Crippen LogP contribution is 2.23. The number of benzene rings is 2. The molecule has 172 valence electrons. The van der Waals surface area contributed by atoms with E-state index >= 15 is 0 Å². The number of carbonyl (C=O) groups is 1. The highest BCUT2D eigenvalue weighted by atomic mass is 19.1. The molecule has 0 aliphatic carbocycles. The summed E-state index contributed by atoms with van der Waals surface area (Å²) >= 11 is 0. The van der Waals surface area contributed by atoms with E-state index in [0.717, 1.165) is 30.7 Å². The van der Waals surface area contributed by atoms with Gasteiger partial charge in [0.2, 0.25) is 5.91 Å². The van der Waals surface area contributed by atoms with Crippen molar-refractivity contribution in [3.8, 4) is 11.4 Å². The van der Waals surface area contributed by atoms with Gasteiger partial charge in [-0.1, -0.05) is 24.3 Å². The van der Waals surface area contributed by atoms with Crippen LogP contribution in [0.15, 0.2) is 65.5 Å². The third kappa shape index (κ3) is 5.39. The average molecular weight is 451 g/mol. The molecular weight excluding hydrogens is 423 g/mol. The van der Waals surface area contributed by atoms with Crippen LogP contribution in [0, 0.1) is 11.7 Å². The molecule has 1 unspecified atom stereocenters. The van der Waals surface area contributed by atoms with Crippen molar-refractivity contribution in [1.29, 1.82) is 0 Å². The van der Waals surface area contributed by atoms with Gasteiger partial charge in [0.15, 0.2) is 0 Å². The van der Waals surface area contributed by atoms with E-state index in [4.69, 9.17) is 4.74 Å². The van der Waals surface area contributed by atoms with Gasteiger partial charge in [-0.25, -0.2) is 4.39 Å². The summed E-state index contributed by atoms with van der Waals surface area (Å²) in [5.74, 6) is 0.693. The molecule has 8 heteroatoms. The van der Waals surface area contributed by atoms with E-state index in [2.05, 4.69) is 10.4 Å². The first kappa shape index (κ1) is 22.5. The van der Waals surface area contributed by atoms with Crippen LogP contribution in [0.2, 0.25) is 0 Å². The number of carbonyl (C=O) groups excluding carboxylic acids is 1. The fourth-order valence-electron chi connectivity index (χ4n) is 4.04. The molecule has 2 heterocycles. The van der Waals surface area contributed by atoms with Gasteiger partial charge in [0, 0.05) is 31.3 Å². The fourth-order valence-corrected chi connectivity index (χ4v) is 4.04. The molecule has 7 nitrogen and oxygen atoms in total. The topological polar surface area (TPSA) is 76.5 Å². The predicted molar refractivity (Wildman–Crippen MR) is 124 cm³/mol. The van der Waals surface area contributed by atoms with Gasteiger partial charge in [0.1, 0.15) is 17.4 Å². The van der Waals surface area contributed by atoms with E-state index in [1.807, 2.05) is 36.1 Å². The van der Waals surface area contributed by atoms with Crippen molar-refractivity contribution in [2.24, 2.45) is 5.92 Å². The molecular formula is C25H27FN4O3. The Labute approximate surface area is 191 Å². The zero-order chi connectivity index (χ0) is 23.2. The van der Waals surface area contributed by atoms with Crippen LogP contribution < -0.4 is 20.5 Å². The first-order valence-electron chi connectivity index (χ1n) is 11.1. The van der Waals surface area contributed by atoms with Crippen LogP contribution in [-0.2, 0) is 11.3 Å². The lowest BCUT2D eigenvalue weighted by Gasteiger charge is -2.33. The number of hydrogen-bond acceptors (Lipinski definition) is 5. The lowest BCUT2D eigenvalue weighted by Crippen LogP contribution is -2.43. The Hall–Kier alpha value is -3.68. The van der Waals surface area contributed by atoms with E-state index in [-0.39, 0.29) is 17.4 Å². The van der Waals surface area contributed by atoms with Crippen LogP contribution in [0.3, 0.4) is 0 Å². The maximum absolute atomic E-state index is 13.6. The van der Waals surface area contributed by atoms with Crippen molar-refractivity contribution in [1.82, 2.24) is 15.1 Å². The van der Waals surface area contributed by atoms with Crippen LogP contribution in [0.5, 0.6) is 5.75 Å². The number of ether oxygens (including phenoxy) is 1. The second-order valence-corrected chi connectivity index (χ2v) is 7.97. The molecule has 0 saturated carbocycles. The highest BCUT2D eigenvalue weighted by molar-refractivity contribution is 5.79. The number of rotatable bonds is 7. The molecule has 0 radical (unpaired) electrons. The van der Waals surface area contributed by atoms with Crippen molar-refractivity contribution in [3.05, 3.63) is 82.4 Å². The average Bonchev–Trinajstić information content (AvgIpc) is 2.84. The molecule has 1 N–H and O–H groups in total. The molecule has 0 spiro atoms. The minimum absolute atomic E-state index is 0.0237. The summed E-state index contributed by atoms with van der Waals surface area (Å²) in [6.07, 6.45) is 1.60. The molecule has 2 aromatic carbocycles. The zero-order valence-electron chi connectivity index (χ0n) is 18.5. The number of piperidine rings is 1. The summed E-state index contributed by atoms with van der Waals surface area (Å²) < 4.78 is 20.5. The van der Waals surface area contributed by atoms with Crippen molar-refractivity contribution < 1.29 is 13.9 Å². The summed E-state index contributed by atoms with van der Waals surface area (Å²) in [5, 5.41) is 7.47. The summed E-state index contributed by atoms with van der Waals surface area (Å²) in [7, 11) is 0. The first-order chi connectivity index (χ1) is 16.0. The molecule has 1 saturated heterocycles. The lowest BCUT2D eigenvalue weighted by molar-refractivity contribution is -0.125.